The van der Waals surface area contributed by atoms with Gasteiger partial charge in [0.05, 0.1) is 12.7 Å². The quantitative estimate of drug-likeness (QED) is 0.648. The summed E-state index contributed by atoms with van der Waals surface area (Å²) in [5.74, 6) is -0.358. The van der Waals surface area contributed by atoms with E-state index in [2.05, 4.69) is 5.32 Å². The molecule has 1 aliphatic carbocycles. The summed E-state index contributed by atoms with van der Waals surface area (Å²) in [5.41, 5.74) is 1.61. The van der Waals surface area contributed by atoms with Gasteiger partial charge in [0.2, 0.25) is 6.41 Å². The molecule has 1 aliphatic rings. The Bertz CT molecular complexity index is 425. The third-order valence-corrected chi connectivity index (χ3v) is 3.97. The topological polar surface area (TPSA) is 55.4 Å². The van der Waals surface area contributed by atoms with Crippen LogP contribution in [0.1, 0.15) is 33.6 Å². The fourth-order valence-corrected chi connectivity index (χ4v) is 3.27. The zero-order chi connectivity index (χ0) is 11.5. The number of thiophene rings is 1. The van der Waals surface area contributed by atoms with E-state index in [1.807, 2.05) is 0 Å². The Morgan fingerprint density at radius 3 is 2.88 bits per heavy atom. The molecule has 0 atom stereocenters. The SMILES string of the molecule is COC(=O)c1c(NC=O)sc2c1CCCC2. The number of carbonyl (C=O) groups excluding carboxylic acids is 2. The minimum atomic E-state index is -0.358. The second kappa shape index (κ2) is 4.65. The molecule has 0 bridgehead atoms. The van der Waals surface area contributed by atoms with Crippen LogP contribution in [0.15, 0.2) is 0 Å². The van der Waals surface area contributed by atoms with Gasteiger partial charge in [-0.15, -0.1) is 11.3 Å². The highest BCUT2D eigenvalue weighted by atomic mass is 32.1. The molecule has 0 saturated heterocycles. The molecule has 1 N–H and O–H groups in total. The van der Waals surface area contributed by atoms with Gasteiger partial charge in [-0.25, -0.2) is 4.79 Å². The van der Waals surface area contributed by atoms with Gasteiger partial charge >= 0.3 is 5.97 Å². The van der Waals surface area contributed by atoms with E-state index in [0.717, 1.165) is 31.2 Å². The molecule has 86 valence electrons. The smallest absolute Gasteiger partial charge is 0.341 e. The number of carbonyl (C=O) groups is 2. The molecule has 0 aliphatic heterocycles. The van der Waals surface area contributed by atoms with Crippen LogP contribution in [0.25, 0.3) is 0 Å². The van der Waals surface area contributed by atoms with Gasteiger partial charge < -0.3 is 10.1 Å². The third-order valence-electron chi connectivity index (χ3n) is 2.75. The van der Waals surface area contributed by atoms with Gasteiger partial charge in [0.25, 0.3) is 0 Å². The molecule has 5 heteroatoms. The fraction of sp³-hybridized carbons (Fsp3) is 0.455. The third kappa shape index (κ3) is 1.82. The second-order valence-corrected chi connectivity index (χ2v) is 4.77. The van der Waals surface area contributed by atoms with Crippen molar-refractivity contribution < 1.29 is 14.3 Å². The molecule has 0 saturated carbocycles. The Hall–Kier alpha value is -1.36. The minimum absolute atomic E-state index is 0.358. The summed E-state index contributed by atoms with van der Waals surface area (Å²) in [7, 11) is 1.36. The van der Waals surface area contributed by atoms with E-state index in [9.17, 15) is 9.59 Å². The van der Waals surface area contributed by atoms with Crippen molar-refractivity contribution in [2.75, 3.05) is 12.4 Å². The van der Waals surface area contributed by atoms with Crippen molar-refractivity contribution in [1.82, 2.24) is 0 Å². The van der Waals surface area contributed by atoms with E-state index in [4.69, 9.17) is 4.74 Å². The standard InChI is InChI=1S/C11H13NO3S/c1-15-11(14)9-7-4-2-3-5-8(7)16-10(9)12-6-13/h6H,2-5H2,1H3,(H,12,13). The van der Waals surface area contributed by atoms with E-state index in [1.165, 1.54) is 23.3 Å². The van der Waals surface area contributed by atoms with Gasteiger partial charge in [-0.1, -0.05) is 0 Å². The monoisotopic (exact) mass is 239 g/mol. The summed E-state index contributed by atoms with van der Waals surface area (Å²) < 4.78 is 4.76. The van der Waals surface area contributed by atoms with Gasteiger partial charge in [-0.05, 0) is 31.2 Å². The summed E-state index contributed by atoms with van der Waals surface area (Å²) in [5, 5.41) is 3.20. The lowest BCUT2D eigenvalue weighted by Crippen LogP contribution is -2.09. The van der Waals surface area contributed by atoms with E-state index in [-0.39, 0.29) is 5.97 Å². The normalized spacial score (nSPS) is 14.1. The molecular formula is C11H13NO3S. The minimum Gasteiger partial charge on any atom is -0.465 e. The predicted octanol–water partition coefficient (Wildman–Crippen LogP) is 1.98. The van der Waals surface area contributed by atoms with Gasteiger partial charge in [0, 0.05) is 4.88 Å². The highest BCUT2D eigenvalue weighted by Gasteiger charge is 2.25. The van der Waals surface area contributed by atoms with Crippen LogP contribution in [-0.2, 0) is 22.4 Å². The largest absolute Gasteiger partial charge is 0.465 e. The van der Waals surface area contributed by atoms with Crippen molar-refractivity contribution in [3.05, 3.63) is 16.0 Å². The molecule has 1 heterocycles. The molecule has 1 aromatic heterocycles. The van der Waals surface area contributed by atoms with Gasteiger partial charge in [-0.2, -0.15) is 0 Å². The Labute approximate surface area is 97.6 Å². The van der Waals surface area contributed by atoms with Crippen LogP contribution in [0.4, 0.5) is 5.00 Å². The van der Waals surface area contributed by atoms with Crippen molar-refractivity contribution in [2.45, 2.75) is 25.7 Å². The summed E-state index contributed by atoms with van der Waals surface area (Å²) in [4.78, 5) is 23.4. The van der Waals surface area contributed by atoms with E-state index >= 15 is 0 Å². The lowest BCUT2D eigenvalue weighted by atomic mass is 9.95. The number of rotatable bonds is 3. The number of amides is 1. The van der Waals surface area contributed by atoms with Crippen LogP contribution in [0.3, 0.4) is 0 Å². The molecule has 0 aromatic carbocycles. The number of esters is 1. The maximum atomic E-state index is 11.7. The Morgan fingerprint density at radius 2 is 2.19 bits per heavy atom. The second-order valence-electron chi connectivity index (χ2n) is 3.67. The first-order chi connectivity index (χ1) is 7.77. The molecule has 0 radical (unpaired) electrons. The van der Waals surface area contributed by atoms with E-state index in [0.29, 0.717) is 17.0 Å². The van der Waals surface area contributed by atoms with E-state index < -0.39 is 0 Å². The number of hydrogen-bond donors (Lipinski definition) is 1. The molecule has 1 amide bonds. The van der Waals surface area contributed by atoms with Crippen LogP contribution in [-0.4, -0.2) is 19.5 Å². The summed E-state index contributed by atoms with van der Waals surface area (Å²) >= 11 is 1.49. The maximum Gasteiger partial charge on any atom is 0.341 e. The number of aryl methyl sites for hydroxylation is 1. The maximum absolute atomic E-state index is 11.7. The van der Waals surface area contributed by atoms with Crippen molar-refractivity contribution in [2.24, 2.45) is 0 Å². The lowest BCUT2D eigenvalue weighted by Gasteiger charge is -2.11. The Kier molecular flexibility index (Phi) is 3.24. The molecule has 0 unspecified atom stereocenters. The number of fused-ring (bicyclic) bond motifs is 1. The van der Waals surface area contributed by atoms with Crippen LogP contribution in [0.5, 0.6) is 0 Å². The first-order valence-electron chi connectivity index (χ1n) is 5.21. The number of nitrogens with one attached hydrogen (secondary N) is 1. The first-order valence-corrected chi connectivity index (χ1v) is 6.02. The summed E-state index contributed by atoms with van der Waals surface area (Å²) in [6, 6.07) is 0. The van der Waals surface area contributed by atoms with Crippen molar-refractivity contribution in [3.8, 4) is 0 Å². The number of hydrogen-bond acceptors (Lipinski definition) is 4. The molecule has 4 nitrogen and oxygen atoms in total. The zero-order valence-electron chi connectivity index (χ0n) is 9.04. The van der Waals surface area contributed by atoms with Gasteiger partial charge in [-0.3, -0.25) is 4.79 Å². The highest BCUT2D eigenvalue weighted by Crippen LogP contribution is 2.38. The molecule has 0 spiro atoms. The number of ether oxygens (including phenoxy) is 1. The average Bonchev–Trinajstić information content (AvgIpc) is 2.66. The van der Waals surface area contributed by atoms with Crippen LogP contribution < -0.4 is 5.32 Å². The van der Waals surface area contributed by atoms with Crippen LogP contribution in [0.2, 0.25) is 0 Å². The zero-order valence-corrected chi connectivity index (χ0v) is 9.86. The number of anilines is 1. The molecule has 16 heavy (non-hydrogen) atoms. The van der Waals surface area contributed by atoms with Gasteiger partial charge in [0.15, 0.2) is 0 Å². The van der Waals surface area contributed by atoms with Crippen molar-refractivity contribution in [3.63, 3.8) is 0 Å². The van der Waals surface area contributed by atoms with E-state index in [1.54, 1.807) is 0 Å². The lowest BCUT2D eigenvalue weighted by molar-refractivity contribution is -0.105. The van der Waals surface area contributed by atoms with Crippen LogP contribution >= 0.6 is 11.3 Å². The van der Waals surface area contributed by atoms with Gasteiger partial charge in [0.1, 0.15) is 5.00 Å². The number of methoxy groups -OCH3 is 1. The molecule has 1 aromatic rings. The first kappa shape index (κ1) is 11.1. The van der Waals surface area contributed by atoms with Crippen LogP contribution in [0, 0.1) is 0 Å². The fourth-order valence-electron chi connectivity index (χ4n) is 2.04. The molecular weight excluding hydrogens is 226 g/mol. The highest BCUT2D eigenvalue weighted by molar-refractivity contribution is 7.16. The summed E-state index contributed by atoms with van der Waals surface area (Å²) in [6.45, 7) is 0. The Morgan fingerprint density at radius 1 is 1.44 bits per heavy atom. The Balaban J connectivity index is 2.47. The average molecular weight is 239 g/mol. The predicted molar refractivity (Wildman–Crippen MR) is 62.0 cm³/mol. The van der Waals surface area contributed by atoms with Crippen molar-refractivity contribution >= 4 is 28.7 Å². The summed E-state index contributed by atoms with van der Waals surface area (Å²) in [6.07, 6.45) is 4.73. The molecule has 2 rings (SSSR count). The van der Waals surface area contributed by atoms with Crippen molar-refractivity contribution in [1.29, 1.82) is 0 Å². The molecule has 0 fully saturated rings.